The minimum atomic E-state index is -0.505. The van der Waals surface area contributed by atoms with Gasteiger partial charge in [-0.1, -0.05) is 30.3 Å². The third kappa shape index (κ3) is 4.92. The van der Waals surface area contributed by atoms with Gasteiger partial charge in [-0.3, -0.25) is 4.90 Å². The van der Waals surface area contributed by atoms with E-state index in [-0.39, 0.29) is 6.61 Å². The summed E-state index contributed by atoms with van der Waals surface area (Å²) in [5, 5.41) is 19.8. The fourth-order valence-corrected chi connectivity index (χ4v) is 6.45. The highest BCUT2D eigenvalue weighted by Gasteiger charge is 2.50. The van der Waals surface area contributed by atoms with E-state index in [2.05, 4.69) is 17.0 Å². The minimum Gasteiger partial charge on any atom is -0.395 e. The first kappa shape index (κ1) is 19.4. The summed E-state index contributed by atoms with van der Waals surface area (Å²) in [4.78, 5) is 2.11. The highest BCUT2D eigenvalue weighted by atomic mass is 16.5. The maximum atomic E-state index is 10.5. The molecule has 4 nitrogen and oxygen atoms in total. The fourth-order valence-electron chi connectivity index (χ4n) is 6.45. The van der Waals surface area contributed by atoms with Crippen LogP contribution in [-0.4, -0.2) is 54.1 Å². The molecule has 4 heteroatoms. The third-order valence-electron chi connectivity index (χ3n) is 7.02. The lowest BCUT2D eigenvalue weighted by molar-refractivity contribution is -0.107. The van der Waals surface area contributed by atoms with Crippen molar-refractivity contribution in [1.29, 1.82) is 0 Å². The zero-order chi connectivity index (χ0) is 18.7. The molecule has 0 heterocycles. The molecule has 4 aliphatic rings. The van der Waals surface area contributed by atoms with Crippen molar-refractivity contribution in [2.45, 2.75) is 51.2 Å². The number of hydrogen-bond acceptors (Lipinski definition) is 4. The van der Waals surface area contributed by atoms with Crippen molar-refractivity contribution < 1.29 is 14.9 Å². The predicted molar refractivity (Wildman–Crippen MR) is 106 cm³/mol. The van der Waals surface area contributed by atoms with Crippen LogP contribution in [0.4, 0.5) is 0 Å². The van der Waals surface area contributed by atoms with Gasteiger partial charge in [0.15, 0.2) is 0 Å². The van der Waals surface area contributed by atoms with Crippen molar-refractivity contribution in [2.75, 3.05) is 32.9 Å². The summed E-state index contributed by atoms with van der Waals surface area (Å²) in [5.41, 5.74) is 1.61. The molecule has 0 aromatic heterocycles. The Morgan fingerprint density at radius 3 is 2.26 bits per heavy atom. The van der Waals surface area contributed by atoms with Gasteiger partial charge in [0.1, 0.15) is 0 Å². The lowest BCUT2D eigenvalue weighted by atomic mass is 9.50. The van der Waals surface area contributed by atoms with Crippen LogP contribution in [0.5, 0.6) is 0 Å². The predicted octanol–water partition coefficient (Wildman–Crippen LogP) is 3.07. The largest absolute Gasteiger partial charge is 0.395 e. The zero-order valence-electron chi connectivity index (χ0n) is 16.4. The minimum absolute atomic E-state index is 0.105. The second kappa shape index (κ2) is 8.60. The first-order valence-corrected chi connectivity index (χ1v) is 10.8. The smallest absolute Gasteiger partial charge is 0.0900 e. The normalized spacial score (nSPS) is 32.9. The first-order chi connectivity index (χ1) is 13.1. The van der Waals surface area contributed by atoms with Gasteiger partial charge in [0.25, 0.3) is 0 Å². The van der Waals surface area contributed by atoms with Gasteiger partial charge in [-0.05, 0) is 67.3 Å². The Morgan fingerprint density at radius 2 is 1.67 bits per heavy atom. The molecule has 27 heavy (non-hydrogen) atoms. The van der Waals surface area contributed by atoms with Crippen LogP contribution in [0.3, 0.4) is 0 Å². The Labute approximate surface area is 163 Å². The van der Waals surface area contributed by atoms with Gasteiger partial charge in [-0.2, -0.15) is 0 Å². The number of nitrogens with zero attached hydrogens (tertiary/aromatic N) is 1. The molecule has 1 aromatic rings. The zero-order valence-corrected chi connectivity index (χ0v) is 16.4. The maximum Gasteiger partial charge on any atom is 0.0900 e. The van der Waals surface area contributed by atoms with Gasteiger partial charge in [0.2, 0.25) is 0 Å². The molecule has 4 saturated carbocycles. The van der Waals surface area contributed by atoms with Crippen LogP contribution >= 0.6 is 0 Å². The third-order valence-corrected chi connectivity index (χ3v) is 7.02. The molecule has 5 rings (SSSR count). The molecule has 0 aliphatic heterocycles. The Bertz CT molecular complexity index is 555. The molecule has 4 fully saturated rings. The number of aliphatic hydroxyl groups excluding tert-OH is 2. The first-order valence-electron chi connectivity index (χ1n) is 10.8. The number of ether oxygens (including phenoxy) is 1. The van der Waals surface area contributed by atoms with E-state index in [1.54, 1.807) is 0 Å². The van der Waals surface area contributed by atoms with E-state index >= 15 is 0 Å². The van der Waals surface area contributed by atoms with Crippen molar-refractivity contribution in [3.8, 4) is 0 Å². The van der Waals surface area contributed by atoms with E-state index < -0.39 is 6.10 Å². The molecule has 0 radical (unpaired) electrons. The monoisotopic (exact) mass is 373 g/mol. The van der Waals surface area contributed by atoms with Gasteiger partial charge in [0.05, 0.1) is 25.9 Å². The fraction of sp³-hybridized carbons (Fsp3) is 0.739. The van der Waals surface area contributed by atoms with Crippen LogP contribution in [0, 0.1) is 23.2 Å². The average molecular weight is 374 g/mol. The number of benzene rings is 1. The average Bonchev–Trinajstić information content (AvgIpc) is 2.61. The van der Waals surface area contributed by atoms with E-state index in [1.165, 1.54) is 44.1 Å². The molecular weight excluding hydrogens is 338 g/mol. The lowest BCUT2D eigenvalue weighted by Crippen LogP contribution is -2.48. The van der Waals surface area contributed by atoms with Crippen LogP contribution < -0.4 is 0 Å². The van der Waals surface area contributed by atoms with Gasteiger partial charge < -0.3 is 14.9 Å². The van der Waals surface area contributed by atoms with Crippen LogP contribution in [-0.2, 0) is 11.3 Å². The topological polar surface area (TPSA) is 52.9 Å². The van der Waals surface area contributed by atoms with E-state index in [4.69, 9.17) is 4.74 Å². The van der Waals surface area contributed by atoms with Crippen molar-refractivity contribution in [3.05, 3.63) is 35.9 Å². The standard InChI is InChI=1S/C23H35NO3/c25-7-6-24(14-18-4-2-1-3-5-18)15-22(26)16-27-17-23-11-19-8-20(12-23)10-21(9-19)13-23/h1-5,19-22,25-26H,6-17H2. The van der Waals surface area contributed by atoms with Crippen LogP contribution in [0.1, 0.15) is 44.1 Å². The molecule has 0 amide bonds. The van der Waals surface area contributed by atoms with Crippen molar-refractivity contribution >= 4 is 0 Å². The lowest BCUT2D eigenvalue weighted by Gasteiger charge is -2.56. The Balaban J connectivity index is 1.23. The van der Waals surface area contributed by atoms with E-state index in [9.17, 15) is 10.2 Å². The molecule has 4 aliphatic carbocycles. The summed E-state index contributed by atoms with van der Waals surface area (Å²) in [5.74, 6) is 2.82. The molecule has 1 aromatic carbocycles. The number of hydrogen-bond donors (Lipinski definition) is 2. The van der Waals surface area contributed by atoms with Gasteiger partial charge in [0, 0.05) is 19.6 Å². The van der Waals surface area contributed by atoms with E-state index in [1.807, 2.05) is 18.2 Å². The van der Waals surface area contributed by atoms with Crippen LogP contribution in [0.15, 0.2) is 30.3 Å². The summed E-state index contributed by atoms with van der Waals surface area (Å²) in [6.45, 7) is 3.18. The molecule has 0 saturated heterocycles. The molecule has 1 unspecified atom stereocenters. The summed E-state index contributed by atoms with van der Waals surface area (Å²) >= 11 is 0. The summed E-state index contributed by atoms with van der Waals surface area (Å²) in [6, 6.07) is 10.2. The maximum absolute atomic E-state index is 10.5. The molecule has 1 atom stereocenters. The van der Waals surface area contributed by atoms with Gasteiger partial charge >= 0.3 is 0 Å². The summed E-state index contributed by atoms with van der Waals surface area (Å²) < 4.78 is 6.07. The SMILES string of the molecule is OCCN(Cc1ccccc1)CC(O)COCC12CC3CC(CC(C3)C1)C2. The second-order valence-electron chi connectivity index (χ2n) is 9.53. The molecule has 0 spiro atoms. The van der Waals surface area contributed by atoms with Gasteiger partial charge in [-0.25, -0.2) is 0 Å². The molecular formula is C23H35NO3. The summed E-state index contributed by atoms with van der Waals surface area (Å²) in [7, 11) is 0. The summed E-state index contributed by atoms with van der Waals surface area (Å²) in [6.07, 6.45) is 7.90. The van der Waals surface area contributed by atoms with E-state index in [0.29, 0.717) is 25.1 Å². The van der Waals surface area contributed by atoms with Crippen LogP contribution in [0.2, 0.25) is 0 Å². The molecule has 2 N–H and O–H groups in total. The molecule has 4 bridgehead atoms. The van der Waals surface area contributed by atoms with E-state index in [0.717, 1.165) is 30.9 Å². The molecule has 150 valence electrons. The second-order valence-corrected chi connectivity index (χ2v) is 9.53. The van der Waals surface area contributed by atoms with Crippen molar-refractivity contribution in [2.24, 2.45) is 23.2 Å². The highest BCUT2D eigenvalue weighted by Crippen LogP contribution is 2.60. The Kier molecular flexibility index (Phi) is 6.18. The Hall–Kier alpha value is -0.940. The number of rotatable bonds is 10. The van der Waals surface area contributed by atoms with Crippen molar-refractivity contribution in [3.63, 3.8) is 0 Å². The number of aliphatic hydroxyl groups is 2. The quantitative estimate of drug-likeness (QED) is 0.662. The highest BCUT2D eigenvalue weighted by molar-refractivity contribution is 5.14. The van der Waals surface area contributed by atoms with Gasteiger partial charge in [-0.15, -0.1) is 0 Å². The van der Waals surface area contributed by atoms with Crippen molar-refractivity contribution in [1.82, 2.24) is 4.90 Å². The Morgan fingerprint density at radius 1 is 1.04 bits per heavy atom. The van der Waals surface area contributed by atoms with Crippen LogP contribution in [0.25, 0.3) is 0 Å².